The van der Waals surface area contributed by atoms with Gasteiger partial charge >= 0.3 is 0 Å². The third-order valence-electron chi connectivity index (χ3n) is 12.9. The Balaban J connectivity index is 0.000000164. The highest BCUT2D eigenvalue weighted by Gasteiger charge is 2.17. The summed E-state index contributed by atoms with van der Waals surface area (Å²) in [5, 5.41) is 10.6. The number of Topliss-reactive ketones (excluding diaryl/α,β-unsaturated/α-hetero) is 2. The quantitative estimate of drug-likeness (QED) is 0.0390. The summed E-state index contributed by atoms with van der Waals surface area (Å²) in [5.41, 5.74) is 19.8. The van der Waals surface area contributed by atoms with Gasteiger partial charge in [-0.15, -0.1) is 57.8 Å². The summed E-state index contributed by atoms with van der Waals surface area (Å²) in [5.74, 6) is 5.09. The third-order valence-corrected chi connectivity index (χ3v) is 18.7. The van der Waals surface area contributed by atoms with E-state index >= 15 is 0 Å². The van der Waals surface area contributed by atoms with Crippen LogP contribution >= 0.6 is 73.7 Å². The molecule has 87 heavy (non-hydrogen) atoms. The number of aromatic nitrogens is 2. The van der Waals surface area contributed by atoms with E-state index in [9.17, 15) is 14.4 Å². The van der Waals surface area contributed by atoms with E-state index in [0.29, 0.717) is 0 Å². The third kappa shape index (κ3) is 17.5. The van der Waals surface area contributed by atoms with Crippen LogP contribution in [-0.2, 0) is 0 Å². The van der Waals surface area contributed by atoms with Gasteiger partial charge in [-0.05, 0) is 201 Å². The molecule has 12 rings (SSSR count). The predicted molar refractivity (Wildman–Crippen MR) is 369 cm³/mol. The zero-order chi connectivity index (χ0) is 61.6. The van der Waals surface area contributed by atoms with Crippen LogP contribution in [0.1, 0.15) is 65.1 Å². The molecule has 0 saturated carbocycles. The van der Waals surface area contributed by atoms with Crippen molar-refractivity contribution in [2.75, 3.05) is 19.8 Å². The van der Waals surface area contributed by atoms with Crippen LogP contribution in [0.3, 0.4) is 0 Å². The van der Waals surface area contributed by atoms with Crippen molar-refractivity contribution < 1.29 is 28.6 Å². The molecule has 0 aliphatic carbocycles. The molecule has 0 unspecified atom stereocenters. The summed E-state index contributed by atoms with van der Waals surface area (Å²) in [7, 11) is 3.80. The van der Waals surface area contributed by atoms with Crippen molar-refractivity contribution in [2.45, 2.75) is 41.5 Å². The van der Waals surface area contributed by atoms with Gasteiger partial charge < -0.3 is 36.3 Å². The number of rotatable bonds is 12. The number of carbonyl (C=O) groups is 3. The lowest BCUT2D eigenvalue weighted by atomic mass is 10.1. The number of para-hydroxylation sites is 3. The van der Waals surface area contributed by atoms with Crippen molar-refractivity contribution in [2.24, 2.45) is 11.5 Å². The normalized spacial score (nSPS) is 10.5. The van der Waals surface area contributed by atoms with Gasteiger partial charge in [0.05, 0.1) is 25.2 Å². The number of guanidine groups is 1. The van der Waals surface area contributed by atoms with Crippen LogP contribution in [0.5, 0.6) is 34.5 Å². The summed E-state index contributed by atoms with van der Waals surface area (Å²) < 4.78 is 23.3. The molecular formula is C68H63BrClN7O6S4. The van der Waals surface area contributed by atoms with Crippen molar-refractivity contribution in [3.63, 3.8) is 0 Å². The number of carbonyl (C=O) groups excluding carboxylic acids is 3. The molecule has 12 aromatic rings. The van der Waals surface area contributed by atoms with Crippen molar-refractivity contribution in [3.8, 4) is 45.1 Å². The Labute approximate surface area is 535 Å². The Morgan fingerprint density at radius 1 is 0.517 bits per heavy atom. The molecule has 0 saturated heterocycles. The van der Waals surface area contributed by atoms with Gasteiger partial charge in [0, 0.05) is 55.8 Å². The van der Waals surface area contributed by atoms with Gasteiger partial charge in [0.1, 0.15) is 34.5 Å². The Morgan fingerprint density at radius 3 is 1.29 bits per heavy atom. The molecule has 5 heterocycles. The maximum Gasteiger partial charge on any atom is 0.220 e. The Bertz CT molecular complexity index is 4410. The molecule has 19 heteroatoms. The number of benzene rings is 7. The first-order chi connectivity index (χ1) is 41.2. The first kappa shape index (κ1) is 65.8. The van der Waals surface area contributed by atoms with Gasteiger partial charge in [0.15, 0.2) is 23.3 Å². The van der Waals surface area contributed by atoms with E-state index in [1.165, 1.54) is 37.1 Å². The second-order valence-corrected chi connectivity index (χ2v) is 24.7. The van der Waals surface area contributed by atoms with E-state index in [1.807, 2.05) is 191 Å². The number of nitrogens with one attached hydrogen (secondary N) is 1. The summed E-state index contributed by atoms with van der Waals surface area (Å²) >= 11 is 9.77. The number of hydrogen-bond acceptors (Lipinski definition) is 15. The molecule has 13 nitrogen and oxygen atoms in total. The number of fused-ring (bicyclic) bond motifs is 4. The highest BCUT2D eigenvalue weighted by atomic mass is 79.9. The molecule has 0 aliphatic heterocycles. The van der Waals surface area contributed by atoms with Gasteiger partial charge in [0.25, 0.3) is 0 Å². The fourth-order valence-corrected chi connectivity index (χ4v) is 13.6. The second-order valence-electron chi connectivity index (χ2n) is 19.6. The van der Waals surface area contributed by atoms with Crippen LogP contribution in [0.25, 0.3) is 50.9 Å². The molecule has 5 aromatic heterocycles. The van der Waals surface area contributed by atoms with Crippen LogP contribution in [0.4, 0.5) is 5.95 Å². The second kappa shape index (κ2) is 30.6. The fraction of sp³-hybridized carbons (Fsp3) is 0.118. The lowest BCUT2D eigenvalue weighted by Crippen LogP contribution is -2.20. The minimum absolute atomic E-state index is 0. The van der Waals surface area contributed by atoms with E-state index in [2.05, 4.69) is 62.5 Å². The molecule has 0 atom stereocenters. The molecule has 444 valence electrons. The summed E-state index contributed by atoms with van der Waals surface area (Å²) in [4.78, 5) is 49.0. The number of thiophene rings is 4. The number of anilines is 1. The van der Waals surface area contributed by atoms with E-state index < -0.39 is 0 Å². The van der Waals surface area contributed by atoms with Crippen molar-refractivity contribution in [1.82, 2.24) is 14.9 Å². The van der Waals surface area contributed by atoms with Crippen molar-refractivity contribution in [1.29, 1.82) is 5.41 Å². The summed E-state index contributed by atoms with van der Waals surface area (Å²) in [6, 6.07) is 55.2. The molecular weight excluding hydrogens is 1250 g/mol. The van der Waals surface area contributed by atoms with Gasteiger partial charge in [-0.1, -0.05) is 70.5 Å². The Morgan fingerprint density at radius 2 is 0.885 bits per heavy atom. The minimum atomic E-state index is -0.333. The monoisotopic (exact) mass is 1320 g/mol. The number of hydrogen-bond donors (Lipinski definition) is 4. The first-order valence-electron chi connectivity index (χ1n) is 26.8. The first-order valence-corrected chi connectivity index (χ1v) is 30.8. The lowest BCUT2D eigenvalue weighted by molar-refractivity contribution is 0.101. The molecule has 7 aromatic carbocycles. The standard InChI is InChI=1S/C20H19NO2S.C19H15N3OS.C17H14O2S.C11H9BrOS.CH5N3.ClH/c1-14-17-13-16(23-15-7-5-4-6-8-15)9-10-19(17)24-20(14)18(22)11-12-21(2)3;1-12-15-11-14(23-13-5-3-2-4-6-13)7-8-17(15)24-18(12)16-9-10-21-19(20)22-16;1-11-15-10-14(19-13-6-4-3-5-7-13)8-9-16(15)20-17(11)12(2)18;1-6-9-5-8(12)3-4-10(9)14-11(6)7(2)13;2-1(3)4;/h4-13H,1-3H3;2-11H,1H3,(H2,20,21,22);3-10H,1-2H3;3-5H,1-2H3;(H5,2,3,4);1H/b12-11+;;;;;. The number of ether oxygens (including phenoxy) is 3. The topological polar surface area (TPSA) is 210 Å². The van der Waals surface area contributed by atoms with Gasteiger partial charge in [-0.2, -0.15) is 0 Å². The van der Waals surface area contributed by atoms with Gasteiger partial charge in [-0.3, -0.25) is 19.8 Å². The number of nitrogens with two attached hydrogens (primary N) is 3. The van der Waals surface area contributed by atoms with E-state index in [0.717, 1.165) is 101 Å². The molecule has 7 N–H and O–H groups in total. The number of allylic oxidation sites excluding steroid dienone is 1. The number of aryl methyl sites for hydroxylation is 4. The molecule has 0 amide bonds. The molecule has 0 radical (unpaired) electrons. The van der Waals surface area contributed by atoms with E-state index in [4.69, 9.17) is 25.4 Å². The van der Waals surface area contributed by atoms with Crippen LogP contribution < -0.4 is 31.4 Å². The van der Waals surface area contributed by atoms with Crippen LogP contribution in [-0.4, -0.2) is 52.3 Å². The zero-order valence-corrected chi connectivity index (χ0v) is 54.5. The highest BCUT2D eigenvalue weighted by Crippen LogP contribution is 2.41. The highest BCUT2D eigenvalue weighted by molar-refractivity contribution is 9.10. The fourth-order valence-electron chi connectivity index (χ4n) is 8.80. The largest absolute Gasteiger partial charge is 0.457 e. The number of nitrogen functional groups attached to an aromatic ring is 1. The maximum absolute atomic E-state index is 12.4. The minimum Gasteiger partial charge on any atom is -0.457 e. The van der Waals surface area contributed by atoms with E-state index in [1.54, 1.807) is 66.3 Å². The average molecular weight is 1320 g/mol. The van der Waals surface area contributed by atoms with Crippen molar-refractivity contribution in [3.05, 3.63) is 230 Å². The van der Waals surface area contributed by atoms with Crippen LogP contribution in [0, 0.1) is 33.1 Å². The van der Waals surface area contributed by atoms with Crippen molar-refractivity contribution >= 4 is 143 Å². The number of nitrogens with zero attached hydrogens (tertiary/aromatic N) is 3. The molecule has 0 spiro atoms. The molecule has 0 aliphatic rings. The van der Waals surface area contributed by atoms with Crippen LogP contribution in [0.2, 0.25) is 0 Å². The lowest BCUT2D eigenvalue weighted by Gasteiger charge is -2.05. The predicted octanol–water partition coefficient (Wildman–Crippen LogP) is 18.9. The average Bonchev–Trinajstić information content (AvgIpc) is 2.37. The van der Waals surface area contributed by atoms with E-state index in [-0.39, 0.29) is 41.7 Å². The van der Waals surface area contributed by atoms with Gasteiger partial charge in [0.2, 0.25) is 5.95 Å². The summed E-state index contributed by atoms with van der Waals surface area (Å²) in [6.45, 7) is 11.3. The smallest absolute Gasteiger partial charge is 0.220 e. The molecule has 0 bridgehead atoms. The van der Waals surface area contributed by atoms with Gasteiger partial charge in [-0.25, -0.2) is 9.97 Å². The number of halogens is 2. The van der Waals surface area contributed by atoms with Crippen LogP contribution in [0.15, 0.2) is 193 Å². The zero-order valence-electron chi connectivity index (χ0n) is 48.8. The molecule has 0 fully saturated rings. The maximum atomic E-state index is 12.4. The SMILES string of the molecule is CC(=O)c1sc2ccc(Br)cc2c1C.CC(=O)c1sc2ccc(Oc3ccccc3)cc2c1C.Cc1c(-c2ccnc(N)n2)sc2ccc(Oc3ccccc3)cc12.Cc1c(C(=O)/C=C/N(C)C)sc2ccc(Oc3ccccc3)cc12.Cl.N=C(N)N. The Kier molecular flexibility index (Phi) is 23.1. The Hall–Kier alpha value is -8.75. The number of ketones is 3. The summed E-state index contributed by atoms with van der Waals surface area (Å²) in [6.07, 6.45) is 5.07.